The largest absolute Gasteiger partial charge is 0.481 e. The molecular formula is C23H29N3O3. The van der Waals surface area contributed by atoms with Crippen molar-refractivity contribution >= 4 is 5.91 Å². The number of nitrogens with zero attached hydrogens (tertiary/aromatic N) is 3. The van der Waals surface area contributed by atoms with Crippen molar-refractivity contribution in [1.82, 2.24) is 14.7 Å². The normalized spacial score (nSPS) is 18.5. The predicted molar refractivity (Wildman–Crippen MR) is 111 cm³/mol. The Morgan fingerprint density at radius 1 is 1.10 bits per heavy atom. The minimum absolute atomic E-state index is 0.00334. The van der Waals surface area contributed by atoms with E-state index in [9.17, 15) is 9.59 Å². The molecule has 154 valence electrons. The fraction of sp³-hybridized carbons (Fsp3) is 0.522. The van der Waals surface area contributed by atoms with Crippen molar-refractivity contribution in [3.8, 4) is 5.75 Å². The van der Waals surface area contributed by atoms with Gasteiger partial charge in [0.15, 0.2) is 6.10 Å². The first kappa shape index (κ1) is 19.7. The van der Waals surface area contributed by atoms with Crippen molar-refractivity contribution in [2.24, 2.45) is 0 Å². The van der Waals surface area contributed by atoms with Crippen LogP contribution in [0.3, 0.4) is 0 Å². The Kier molecular flexibility index (Phi) is 5.43. The standard InChI is InChI=1S/C23H29N3O3/c1-15-5-4-6-21(16(15)2)29-17(3)23(28)25-13-11-19(12-14-25)26-22(27)10-9-20(24-26)18-7-8-18/h4-6,9-10,17-19H,7-8,11-14H2,1-3H3. The van der Waals surface area contributed by atoms with Gasteiger partial charge in [-0.05, 0) is 69.7 Å². The summed E-state index contributed by atoms with van der Waals surface area (Å²) in [6, 6.07) is 9.44. The molecule has 4 rings (SSSR count). The van der Waals surface area contributed by atoms with Crippen LogP contribution in [0.25, 0.3) is 0 Å². The molecule has 6 nitrogen and oxygen atoms in total. The van der Waals surface area contributed by atoms with Gasteiger partial charge in [-0.3, -0.25) is 9.59 Å². The molecule has 0 radical (unpaired) electrons. The highest BCUT2D eigenvalue weighted by atomic mass is 16.5. The van der Waals surface area contributed by atoms with E-state index in [2.05, 4.69) is 5.10 Å². The van der Waals surface area contributed by atoms with Crippen LogP contribution in [0.2, 0.25) is 0 Å². The number of hydrogen-bond acceptors (Lipinski definition) is 4. The molecule has 1 amide bonds. The minimum atomic E-state index is -0.536. The smallest absolute Gasteiger partial charge is 0.267 e. The number of rotatable bonds is 5. The molecular weight excluding hydrogens is 366 g/mol. The second-order valence-electron chi connectivity index (χ2n) is 8.33. The van der Waals surface area contributed by atoms with E-state index in [0.717, 1.165) is 48.3 Å². The van der Waals surface area contributed by atoms with Crippen LogP contribution in [0.15, 0.2) is 35.1 Å². The average Bonchev–Trinajstić information content (AvgIpc) is 3.57. The molecule has 29 heavy (non-hydrogen) atoms. The van der Waals surface area contributed by atoms with Crippen LogP contribution in [0.4, 0.5) is 0 Å². The van der Waals surface area contributed by atoms with E-state index in [-0.39, 0.29) is 17.5 Å². The van der Waals surface area contributed by atoms with Crippen LogP contribution in [0.5, 0.6) is 5.75 Å². The van der Waals surface area contributed by atoms with E-state index in [4.69, 9.17) is 4.74 Å². The number of aromatic nitrogens is 2. The molecule has 2 aromatic rings. The molecule has 1 aliphatic heterocycles. The van der Waals surface area contributed by atoms with E-state index in [1.165, 1.54) is 0 Å². The second kappa shape index (κ2) is 8.01. The predicted octanol–water partition coefficient (Wildman–Crippen LogP) is 3.37. The summed E-state index contributed by atoms with van der Waals surface area (Å²) in [5.74, 6) is 1.27. The number of carbonyl (C=O) groups excluding carboxylic acids is 1. The molecule has 1 atom stereocenters. The van der Waals surface area contributed by atoms with Gasteiger partial charge in [0.05, 0.1) is 11.7 Å². The Balaban J connectivity index is 1.38. The highest BCUT2D eigenvalue weighted by Crippen LogP contribution is 2.38. The van der Waals surface area contributed by atoms with Gasteiger partial charge < -0.3 is 9.64 Å². The molecule has 1 unspecified atom stereocenters. The number of aryl methyl sites for hydroxylation is 1. The third-order valence-electron chi connectivity index (χ3n) is 6.17. The fourth-order valence-corrected chi connectivity index (χ4v) is 3.98. The molecule has 2 aliphatic rings. The number of carbonyl (C=O) groups is 1. The number of benzene rings is 1. The zero-order valence-corrected chi connectivity index (χ0v) is 17.4. The van der Waals surface area contributed by atoms with Crippen molar-refractivity contribution in [2.75, 3.05) is 13.1 Å². The van der Waals surface area contributed by atoms with E-state index in [1.807, 2.05) is 43.0 Å². The first-order valence-electron chi connectivity index (χ1n) is 10.6. The minimum Gasteiger partial charge on any atom is -0.481 e. The summed E-state index contributed by atoms with van der Waals surface area (Å²) >= 11 is 0. The van der Waals surface area contributed by atoms with E-state index >= 15 is 0 Å². The molecule has 0 bridgehead atoms. The van der Waals surface area contributed by atoms with E-state index in [0.29, 0.717) is 19.0 Å². The summed E-state index contributed by atoms with van der Waals surface area (Å²) in [5, 5.41) is 4.61. The molecule has 1 aromatic heterocycles. The lowest BCUT2D eigenvalue weighted by Crippen LogP contribution is -2.46. The van der Waals surface area contributed by atoms with Gasteiger partial charge in [0, 0.05) is 25.1 Å². The maximum absolute atomic E-state index is 12.9. The SMILES string of the molecule is Cc1cccc(OC(C)C(=O)N2CCC(n3nc(C4CC4)ccc3=O)CC2)c1C. The van der Waals surface area contributed by atoms with Crippen LogP contribution in [0.1, 0.15) is 61.4 Å². The van der Waals surface area contributed by atoms with Gasteiger partial charge in [-0.15, -0.1) is 0 Å². The lowest BCUT2D eigenvalue weighted by molar-refractivity contribution is -0.139. The molecule has 1 saturated carbocycles. The lowest BCUT2D eigenvalue weighted by atomic mass is 10.0. The van der Waals surface area contributed by atoms with Crippen LogP contribution in [-0.4, -0.2) is 39.8 Å². The fourth-order valence-electron chi connectivity index (χ4n) is 3.98. The number of piperidine rings is 1. The first-order chi connectivity index (χ1) is 13.9. The van der Waals surface area contributed by atoms with Crippen LogP contribution in [0, 0.1) is 13.8 Å². The molecule has 0 spiro atoms. The number of amides is 1. The summed E-state index contributed by atoms with van der Waals surface area (Å²) in [5.41, 5.74) is 3.19. The van der Waals surface area contributed by atoms with Crippen LogP contribution >= 0.6 is 0 Å². The van der Waals surface area contributed by atoms with Crippen molar-refractivity contribution in [3.63, 3.8) is 0 Å². The maximum Gasteiger partial charge on any atom is 0.267 e. The number of likely N-dealkylation sites (tertiary alicyclic amines) is 1. The number of hydrogen-bond donors (Lipinski definition) is 0. The van der Waals surface area contributed by atoms with Gasteiger partial charge in [0.25, 0.3) is 11.5 Å². The second-order valence-corrected chi connectivity index (χ2v) is 8.33. The topological polar surface area (TPSA) is 64.4 Å². The van der Waals surface area contributed by atoms with Gasteiger partial charge in [0.2, 0.25) is 0 Å². The van der Waals surface area contributed by atoms with Gasteiger partial charge >= 0.3 is 0 Å². The Morgan fingerprint density at radius 3 is 2.52 bits per heavy atom. The molecule has 2 fully saturated rings. The third kappa shape index (κ3) is 4.21. The molecule has 1 aromatic carbocycles. The van der Waals surface area contributed by atoms with E-state index < -0.39 is 6.10 Å². The summed E-state index contributed by atoms with van der Waals surface area (Å²) in [6.45, 7) is 7.08. The lowest BCUT2D eigenvalue weighted by Gasteiger charge is -2.34. The summed E-state index contributed by atoms with van der Waals surface area (Å²) in [6.07, 6.45) is 3.27. The molecule has 1 saturated heterocycles. The zero-order valence-electron chi connectivity index (χ0n) is 17.4. The van der Waals surface area contributed by atoms with Crippen LogP contribution < -0.4 is 10.3 Å². The highest BCUT2D eigenvalue weighted by Gasteiger charge is 2.30. The Hall–Kier alpha value is -2.63. The van der Waals surface area contributed by atoms with Crippen molar-refractivity contribution in [1.29, 1.82) is 0 Å². The van der Waals surface area contributed by atoms with Crippen LogP contribution in [-0.2, 0) is 4.79 Å². The van der Waals surface area contributed by atoms with Crippen molar-refractivity contribution in [2.45, 2.75) is 64.5 Å². The average molecular weight is 396 g/mol. The first-order valence-corrected chi connectivity index (χ1v) is 10.6. The summed E-state index contributed by atoms with van der Waals surface area (Å²) < 4.78 is 7.61. The molecule has 2 heterocycles. The van der Waals surface area contributed by atoms with Gasteiger partial charge in [-0.1, -0.05) is 12.1 Å². The Bertz CT molecular complexity index is 956. The van der Waals surface area contributed by atoms with Crippen molar-refractivity contribution in [3.05, 3.63) is 57.5 Å². The quantitative estimate of drug-likeness (QED) is 0.779. The van der Waals surface area contributed by atoms with Gasteiger partial charge in [-0.2, -0.15) is 5.10 Å². The molecule has 0 N–H and O–H groups in total. The van der Waals surface area contributed by atoms with Gasteiger partial charge in [-0.25, -0.2) is 4.68 Å². The summed E-state index contributed by atoms with van der Waals surface area (Å²) in [7, 11) is 0. The Morgan fingerprint density at radius 2 is 1.83 bits per heavy atom. The summed E-state index contributed by atoms with van der Waals surface area (Å²) in [4.78, 5) is 27.0. The van der Waals surface area contributed by atoms with Crippen molar-refractivity contribution < 1.29 is 9.53 Å². The Labute approximate surface area is 171 Å². The van der Waals surface area contributed by atoms with E-state index in [1.54, 1.807) is 17.7 Å². The highest BCUT2D eigenvalue weighted by molar-refractivity contribution is 5.81. The number of ether oxygens (including phenoxy) is 1. The molecule has 6 heteroatoms. The van der Waals surface area contributed by atoms with Gasteiger partial charge in [0.1, 0.15) is 5.75 Å². The zero-order chi connectivity index (χ0) is 20.5. The monoisotopic (exact) mass is 395 g/mol. The maximum atomic E-state index is 12.9. The third-order valence-corrected chi connectivity index (χ3v) is 6.17. The molecule has 1 aliphatic carbocycles.